The Kier molecular flexibility index (Phi) is 4.33. The molecule has 2 aromatic rings. The number of aromatic nitrogens is 3. The molecule has 2 N–H and O–H groups in total. The first-order valence-corrected chi connectivity index (χ1v) is 6.66. The van der Waals surface area contributed by atoms with Gasteiger partial charge >= 0.3 is 0 Å². The summed E-state index contributed by atoms with van der Waals surface area (Å²) in [5, 5.41) is 8.56. The first kappa shape index (κ1) is 14.4. The maximum Gasteiger partial charge on any atom is 0.237 e. The van der Waals surface area contributed by atoms with Gasteiger partial charge in [0.05, 0.1) is 5.25 Å². The number of aryl methyl sites for hydroxylation is 1. The van der Waals surface area contributed by atoms with Gasteiger partial charge < -0.3 is 5.32 Å². The second-order valence-corrected chi connectivity index (χ2v) is 5.36. The summed E-state index contributed by atoms with van der Waals surface area (Å²) in [6.07, 6.45) is 0. The minimum atomic E-state index is -0.815. The lowest BCUT2D eigenvalue weighted by molar-refractivity contribution is -0.115. The standard InChI is InChI=1S/C12H12F2N4OS/c1-6(20-12-15-7(2)17-18-12)11(19)16-10-8(13)4-3-5-9(10)14/h3-6H,1-2H3,(H,16,19)(H,15,17,18). The molecular formula is C12H12F2N4OS. The number of nitrogens with one attached hydrogen (secondary N) is 2. The Bertz CT molecular complexity index is 611. The molecule has 20 heavy (non-hydrogen) atoms. The molecule has 5 nitrogen and oxygen atoms in total. The van der Waals surface area contributed by atoms with Crippen molar-refractivity contribution in [1.29, 1.82) is 0 Å². The number of nitrogens with zero attached hydrogens (tertiary/aromatic N) is 2. The van der Waals surface area contributed by atoms with Crippen molar-refractivity contribution in [3.63, 3.8) is 0 Å². The maximum absolute atomic E-state index is 13.4. The topological polar surface area (TPSA) is 70.7 Å². The van der Waals surface area contributed by atoms with Gasteiger partial charge in [0.25, 0.3) is 0 Å². The van der Waals surface area contributed by atoms with Gasteiger partial charge in [0.15, 0.2) is 0 Å². The number of thioether (sulfide) groups is 1. The lowest BCUT2D eigenvalue weighted by Gasteiger charge is -2.11. The number of anilines is 1. The van der Waals surface area contributed by atoms with Gasteiger partial charge in [-0.15, -0.1) is 5.10 Å². The lowest BCUT2D eigenvalue weighted by atomic mass is 10.3. The number of halogens is 2. The van der Waals surface area contributed by atoms with E-state index in [9.17, 15) is 13.6 Å². The maximum atomic E-state index is 13.4. The van der Waals surface area contributed by atoms with Crippen molar-refractivity contribution < 1.29 is 13.6 Å². The van der Waals surface area contributed by atoms with Crippen molar-refractivity contribution in [2.75, 3.05) is 5.32 Å². The van der Waals surface area contributed by atoms with Crippen LogP contribution in [0.25, 0.3) is 0 Å². The molecule has 0 aliphatic heterocycles. The Morgan fingerprint density at radius 1 is 1.40 bits per heavy atom. The summed E-state index contributed by atoms with van der Waals surface area (Å²) in [6.45, 7) is 3.33. The molecule has 2 rings (SSSR count). The van der Waals surface area contributed by atoms with Crippen LogP contribution in [0.1, 0.15) is 12.7 Å². The van der Waals surface area contributed by atoms with Crippen molar-refractivity contribution in [2.45, 2.75) is 24.3 Å². The number of para-hydroxylation sites is 1. The fourth-order valence-electron chi connectivity index (χ4n) is 1.43. The van der Waals surface area contributed by atoms with Gasteiger partial charge in [-0.05, 0) is 26.0 Å². The van der Waals surface area contributed by atoms with Crippen molar-refractivity contribution in [2.24, 2.45) is 0 Å². The predicted octanol–water partition coefficient (Wildman–Crippen LogP) is 2.51. The van der Waals surface area contributed by atoms with E-state index in [0.29, 0.717) is 11.0 Å². The molecule has 0 spiro atoms. The van der Waals surface area contributed by atoms with E-state index in [1.807, 2.05) is 0 Å². The van der Waals surface area contributed by atoms with Crippen LogP contribution in [-0.4, -0.2) is 26.3 Å². The van der Waals surface area contributed by atoms with E-state index in [1.165, 1.54) is 6.07 Å². The number of amides is 1. The van der Waals surface area contributed by atoms with E-state index in [2.05, 4.69) is 20.5 Å². The van der Waals surface area contributed by atoms with Crippen molar-refractivity contribution in [3.05, 3.63) is 35.7 Å². The number of hydrogen-bond donors (Lipinski definition) is 2. The molecule has 1 atom stereocenters. The summed E-state index contributed by atoms with van der Waals surface area (Å²) in [7, 11) is 0. The van der Waals surface area contributed by atoms with Crippen LogP contribution in [0.5, 0.6) is 0 Å². The van der Waals surface area contributed by atoms with Crippen LogP contribution in [0.3, 0.4) is 0 Å². The number of aromatic amines is 1. The average molecular weight is 298 g/mol. The van der Waals surface area contributed by atoms with Gasteiger partial charge in [-0.3, -0.25) is 9.89 Å². The van der Waals surface area contributed by atoms with Crippen molar-refractivity contribution in [3.8, 4) is 0 Å². The third-order valence-corrected chi connectivity index (χ3v) is 3.40. The zero-order valence-electron chi connectivity index (χ0n) is 10.8. The van der Waals surface area contributed by atoms with Crippen LogP contribution in [0.2, 0.25) is 0 Å². The summed E-state index contributed by atoms with van der Waals surface area (Å²) in [5.74, 6) is -1.53. The van der Waals surface area contributed by atoms with Crippen LogP contribution >= 0.6 is 11.8 Å². The van der Waals surface area contributed by atoms with Crippen LogP contribution in [0.4, 0.5) is 14.5 Å². The number of benzene rings is 1. The predicted molar refractivity (Wildman–Crippen MR) is 71.4 cm³/mol. The molecule has 0 bridgehead atoms. The quantitative estimate of drug-likeness (QED) is 0.851. The summed E-state index contributed by atoms with van der Waals surface area (Å²) < 4.78 is 26.8. The average Bonchev–Trinajstić information content (AvgIpc) is 2.79. The summed E-state index contributed by atoms with van der Waals surface area (Å²) in [6, 6.07) is 3.39. The molecule has 0 aliphatic rings. The third kappa shape index (κ3) is 3.32. The SMILES string of the molecule is Cc1nc(SC(C)C(=O)Nc2c(F)cccc2F)n[nH]1. The number of carbonyl (C=O) groups excluding carboxylic acids is 1. The van der Waals surface area contributed by atoms with Crippen molar-refractivity contribution in [1.82, 2.24) is 15.2 Å². The minimum Gasteiger partial charge on any atom is -0.320 e. The first-order valence-electron chi connectivity index (χ1n) is 5.78. The molecule has 0 aliphatic carbocycles. The minimum absolute atomic E-state index is 0.402. The van der Waals surface area contributed by atoms with E-state index in [1.54, 1.807) is 13.8 Å². The molecule has 106 valence electrons. The molecule has 8 heteroatoms. The van der Waals surface area contributed by atoms with E-state index in [4.69, 9.17) is 0 Å². The Morgan fingerprint density at radius 2 is 2.05 bits per heavy atom. The Labute approximate surface area is 118 Å². The highest BCUT2D eigenvalue weighted by molar-refractivity contribution is 8.00. The monoisotopic (exact) mass is 298 g/mol. The van der Waals surface area contributed by atoms with Gasteiger partial charge in [0.1, 0.15) is 23.1 Å². The largest absolute Gasteiger partial charge is 0.320 e. The van der Waals surface area contributed by atoms with E-state index in [-0.39, 0.29) is 0 Å². The number of hydrogen-bond acceptors (Lipinski definition) is 4. The molecular weight excluding hydrogens is 286 g/mol. The van der Waals surface area contributed by atoms with Crippen LogP contribution in [0.15, 0.2) is 23.4 Å². The molecule has 1 aromatic heterocycles. The fourth-order valence-corrected chi connectivity index (χ4v) is 2.20. The molecule has 1 unspecified atom stereocenters. The van der Waals surface area contributed by atoms with Gasteiger partial charge in [0.2, 0.25) is 11.1 Å². The number of carbonyl (C=O) groups is 1. The number of rotatable bonds is 4. The fraction of sp³-hybridized carbons (Fsp3) is 0.250. The summed E-state index contributed by atoms with van der Waals surface area (Å²) in [4.78, 5) is 15.9. The Balaban J connectivity index is 2.04. The smallest absolute Gasteiger partial charge is 0.237 e. The second kappa shape index (κ2) is 6.00. The molecule has 1 heterocycles. The Morgan fingerprint density at radius 3 is 2.60 bits per heavy atom. The van der Waals surface area contributed by atoms with E-state index in [0.717, 1.165) is 23.9 Å². The van der Waals surface area contributed by atoms with Crippen LogP contribution in [-0.2, 0) is 4.79 Å². The van der Waals surface area contributed by atoms with Crippen LogP contribution < -0.4 is 5.32 Å². The molecule has 0 fully saturated rings. The zero-order chi connectivity index (χ0) is 14.7. The third-order valence-electron chi connectivity index (χ3n) is 2.44. The molecule has 1 aromatic carbocycles. The molecule has 0 radical (unpaired) electrons. The second-order valence-electron chi connectivity index (χ2n) is 4.05. The highest BCUT2D eigenvalue weighted by atomic mass is 32.2. The molecule has 1 amide bonds. The highest BCUT2D eigenvalue weighted by Crippen LogP contribution is 2.23. The first-order chi connectivity index (χ1) is 9.47. The Hall–Kier alpha value is -1.96. The van der Waals surface area contributed by atoms with E-state index < -0.39 is 28.5 Å². The van der Waals surface area contributed by atoms with Crippen molar-refractivity contribution >= 4 is 23.4 Å². The number of H-pyrrole nitrogens is 1. The van der Waals surface area contributed by atoms with Gasteiger partial charge in [-0.25, -0.2) is 13.8 Å². The molecule has 0 saturated heterocycles. The van der Waals surface area contributed by atoms with E-state index >= 15 is 0 Å². The van der Waals surface area contributed by atoms with Gasteiger partial charge in [0, 0.05) is 0 Å². The summed E-state index contributed by atoms with van der Waals surface area (Å²) >= 11 is 1.09. The van der Waals surface area contributed by atoms with Gasteiger partial charge in [-0.2, -0.15) is 0 Å². The zero-order valence-corrected chi connectivity index (χ0v) is 11.6. The lowest BCUT2D eigenvalue weighted by Crippen LogP contribution is -2.23. The highest BCUT2D eigenvalue weighted by Gasteiger charge is 2.19. The summed E-state index contributed by atoms with van der Waals surface area (Å²) in [5.41, 5.74) is -0.448. The van der Waals surface area contributed by atoms with Gasteiger partial charge in [-0.1, -0.05) is 17.8 Å². The normalized spacial score (nSPS) is 12.2. The van der Waals surface area contributed by atoms with Crippen LogP contribution in [0, 0.1) is 18.6 Å². The molecule has 0 saturated carbocycles.